The Morgan fingerprint density at radius 3 is 3.30 bits per heavy atom. The topological polar surface area (TPSA) is 26.3 Å². The molecule has 0 aromatic heterocycles. The number of carbonyl (C=O) groups excluding carboxylic acids is 1. The van der Waals surface area contributed by atoms with E-state index in [2.05, 4.69) is 6.08 Å². The lowest BCUT2D eigenvalue weighted by Crippen LogP contribution is -2.24. The minimum Gasteiger partial charge on any atom is -0.455 e. The predicted octanol–water partition coefficient (Wildman–Crippen LogP) is 1.27. The second-order valence-corrected chi connectivity index (χ2v) is 3.20. The van der Waals surface area contributed by atoms with Crippen LogP contribution in [0.3, 0.4) is 0 Å². The zero-order valence-electron chi connectivity index (χ0n) is 5.96. The third kappa shape index (κ3) is 0.618. The molecule has 0 spiro atoms. The van der Waals surface area contributed by atoms with Crippen molar-refractivity contribution >= 4 is 5.97 Å². The van der Waals surface area contributed by atoms with Crippen molar-refractivity contribution in [3.05, 3.63) is 12.2 Å². The fraction of sp³-hybridized carbons (Fsp3) is 0.625. The molecule has 2 nitrogen and oxygen atoms in total. The molecule has 2 rings (SSSR count). The van der Waals surface area contributed by atoms with Crippen LogP contribution < -0.4 is 0 Å². The molecule has 0 saturated carbocycles. The van der Waals surface area contributed by atoms with Gasteiger partial charge in [0.15, 0.2) is 0 Å². The van der Waals surface area contributed by atoms with Crippen LogP contribution in [0.5, 0.6) is 0 Å². The summed E-state index contributed by atoms with van der Waals surface area (Å²) >= 11 is 0. The van der Waals surface area contributed by atoms with Crippen molar-refractivity contribution in [3.8, 4) is 0 Å². The van der Waals surface area contributed by atoms with Crippen molar-refractivity contribution < 1.29 is 9.53 Å². The van der Waals surface area contributed by atoms with Crippen molar-refractivity contribution in [2.45, 2.75) is 25.4 Å². The molecule has 0 N–H and O–H groups in total. The molecule has 1 saturated heterocycles. The van der Waals surface area contributed by atoms with Gasteiger partial charge in [0.05, 0.1) is 6.42 Å². The lowest BCUT2D eigenvalue weighted by atomic mass is 9.93. The molecule has 1 aliphatic carbocycles. The second-order valence-electron chi connectivity index (χ2n) is 3.20. The van der Waals surface area contributed by atoms with Gasteiger partial charge in [-0.1, -0.05) is 6.08 Å². The summed E-state index contributed by atoms with van der Waals surface area (Å²) in [4.78, 5) is 10.8. The number of esters is 1. The first-order chi connectivity index (χ1) is 4.71. The van der Waals surface area contributed by atoms with E-state index in [0.717, 1.165) is 6.42 Å². The summed E-state index contributed by atoms with van der Waals surface area (Å²) in [7, 11) is 0. The first kappa shape index (κ1) is 5.96. The van der Waals surface area contributed by atoms with Crippen LogP contribution in [0.15, 0.2) is 12.2 Å². The maximum Gasteiger partial charge on any atom is 0.307 e. The van der Waals surface area contributed by atoms with Crippen LogP contribution in [0.4, 0.5) is 0 Å². The molecule has 0 unspecified atom stereocenters. The average Bonchev–Trinajstić information content (AvgIpc) is 2.20. The van der Waals surface area contributed by atoms with Crippen LogP contribution in [0.2, 0.25) is 0 Å². The highest BCUT2D eigenvalue weighted by Crippen LogP contribution is 2.40. The Bertz CT molecular complexity index is 207. The first-order valence-corrected chi connectivity index (χ1v) is 3.60. The summed E-state index contributed by atoms with van der Waals surface area (Å²) in [5.41, 5.74) is -0.253. The SMILES string of the molecule is C[C@@]12C=CC[C@@H]1CC(=O)O2. The summed E-state index contributed by atoms with van der Waals surface area (Å²) in [6, 6.07) is 0. The van der Waals surface area contributed by atoms with Gasteiger partial charge < -0.3 is 4.74 Å². The third-order valence-electron chi connectivity index (χ3n) is 2.43. The molecule has 0 radical (unpaired) electrons. The van der Waals surface area contributed by atoms with E-state index in [-0.39, 0.29) is 11.6 Å². The van der Waals surface area contributed by atoms with Crippen molar-refractivity contribution in [1.29, 1.82) is 0 Å². The highest BCUT2D eigenvalue weighted by Gasteiger charge is 2.45. The van der Waals surface area contributed by atoms with Crippen molar-refractivity contribution in [3.63, 3.8) is 0 Å². The quantitative estimate of drug-likeness (QED) is 0.372. The molecule has 0 bridgehead atoms. The number of rotatable bonds is 0. The Kier molecular flexibility index (Phi) is 0.967. The molecule has 2 heteroatoms. The molecular weight excluding hydrogens is 128 g/mol. The van der Waals surface area contributed by atoms with Crippen LogP contribution in [-0.4, -0.2) is 11.6 Å². The van der Waals surface area contributed by atoms with Crippen LogP contribution in [0.1, 0.15) is 19.8 Å². The summed E-state index contributed by atoms with van der Waals surface area (Å²) in [6.07, 6.45) is 5.70. The van der Waals surface area contributed by atoms with Gasteiger partial charge in [-0.2, -0.15) is 0 Å². The molecule has 1 heterocycles. The van der Waals surface area contributed by atoms with Gasteiger partial charge >= 0.3 is 5.97 Å². The largest absolute Gasteiger partial charge is 0.455 e. The van der Waals surface area contributed by atoms with E-state index in [0.29, 0.717) is 12.3 Å². The lowest BCUT2D eigenvalue weighted by Gasteiger charge is -2.19. The van der Waals surface area contributed by atoms with Crippen molar-refractivity contribution in [2.75, 3.05) is 0 Å². The molecular formula is C8H10O2. The summed E-state index contributed by atoms with van der Waals surface area (Å²) in [5, 5.41) is 0. The van der Waals surface area contributed by atoms with E-state index in [4.69, 9.17) is 4.74 Å². The number of hydrogen-bond donors (Lipinski definition) is 0. The van der Waals surface area contributed by atoms with Crippen molar-refractivity contribution in [2.24, 2.45) is 5.92 Å². The minimum atomic E-state index is -0.253. The molecule has 0 aromatic rings. The van der Waals surface area contributed by atoms with Gasteiger partial charge in [-0.3, -0.25) is 4.79 Å². The Morgan fingerprint density at radius 1 is 1.80 bits per heavy atom. The van der Waals surface area contributed by atoms with E-state index in [9.17, 15) is 4.79 Å². The molecule has 0 amide bonds. The Morgan fingerprint density at radius 2 is 2.60 bits per heavy atom. The molecule has 10 heavy (non-hydrogen) atoms. The molecule has 54 valence electrons. The van der Waals surface area contributed by atoms with Crippen molar-refractivity contribution in [1.82, 2.24) is 0 Å². The van der Waals surface area contributed by atoms with E-state index in [1.807, 2.05) is 13.0 Å². The zero-order chi connectivity index (χ0) is 7.19. The van der Waals surface area contributed by atoms with Crippen LogP contribution >= 0.6 is 0 Å². The van der Waals surface area contributed by atoms with Gasteiger partial charge in [-0.15, -0.1) is 0 Å². The molecule has 1 fully saturated rings. The normalized spacial score (nSPS) is 43.7. The number of allylic oxidation sites excluding steroid dienone is 1. The average molecular weight is 138 g/mol. The fourth-order valence-corrected chi connectivity index (χ4v) is 1.73. The maximum atomic E-state index is 10.8. The highest BCUT2D eigenvalue weighted by atomic mass is 16.6. The molecule has 1 aliphatic heterocycles. The van der Waals surface area contributed by atoms with Gasteiger partial charge in [0.1, 0.15) is 5.60 Å². The van der Waals surface area contributed by atoms with Crippen LogP contribution in [0.25, 0.3) is 0 Å². The highest BCUT2D eigenvalue weighted by molar-refractivity contribution is 5.73. The summed E-state index contributed by atoms with van der Waals surface area (Å²) in [5.74, 6) is 0.372. The van der Waals surface area contributed by atoms with E-state index in [1.54, 1.807) is 0 Å². The smallest absolute Gasteiger partial charge is 0.307 e. The number of ether oxygens (including phenoxy) is 1. The first-order valence-electron chi connectivity index (χ1n) is 3.60. The van der Waals surface area contributed by atoms with Gasteiger partial charge in [0, 0.05) is 5.92 Å². The zero-order valence-corrected chi connectivity index (χ0v) is 5.96. The second kappa shape index (κ2) is 1.62. The van der Waals surface area contributed by atoms with Crippen LogP contribution in [-0.2, 0) is 9.53 Å². The summed E-state index contributed by atoms with van der Waals surface area (Å²) in [6.45, 7) is 1.98. The fourth-order valence-electron chi connectivity index (χ4n) is 1.73. The predicted molar refractivity (Wildman–Crippen MR) is 36.4 cm³/mol. The number of fused-ring (bicyclic) bond motifs is 1. The molecule has 2 aliphatic rings. The van der Waals surface area contributed by atoms with E-state index < -0.39 is 0 Å². The maximum absolute atomic E-state index is 10.8. The number of hydrogen-bond acceptors (Lipinski definition) is 2. The Labute approximate surface area is 59.9 Å². The van der Waals surface area contributed by atoms with Gasteiger partial charge in [-0.05, 0) is 19.4 Å². The summed E-state index contributed by atoms with van der Waals surface area (Å²) < 4.78 is 5.15. The Hall–Kier alpha value is -0.790. The Balaban J connectivity index is 2.29. The van der Waals surface area contributed by atoms with E-state index >= 15 is 0 Å². The van der Waals surface area contributed by atoms with Gasteiger partial charge in [0.25, 0.3) is 0 Å². The number of carbonyl (C=O) groups is 1. The van der Waals surface area contributed by atoms with Gasteiger partial charge in [-0.25, -0.2) is 0 Å². The van der Waals surface area contributed by atoms with E-state index in [1.165, 1.54) is 0 Å². The standard InChI is InChI=1S/C8H10O2/c1-8-4-2-3-6(8)5-7(9)10-8/h2,4,6H,3,5H2,1H3/t6-,8-/m1/s1. The lowest BCUT2D eigenvalue weighted by molar-refractivity contribution is -0.144. The molecule has 2 atom stereocenters. The van der Waals surface area contributed by atoms with Gasteiger partial charge in [0.2, 0.25) is 0 Å². The third-order valence-corrected chi connectivity index (χ3v) is 2.43. The molecule has 0 aromatic carbocycles. The van der Waals surface area contributed by atoms with Crippen LogP contribution in [0, 0.1) is 5.92 Å². The monoisotopic (exact) mass is 138 g/mol. The minimum absolute atomic E-state index is 0.0446.